The van der Waals surface area contributed by atoms with Crippen molar-refractivity contribution in [3.63, 3.8) is 0 Å². The summed E-state index contributed by atoms with van der Waals surface area (Å²) in [5, 5.41) is 8.89. The van der Waals surface area contributed by atoms with Crippen LogP contribution in [0.5, 0.6) is 11.5 Å². The van der Waals surface area contributed by atoms with Gasteiger partial charge in [-0.15, -0.1) is 0 Å². The summed E-state index contributed by atoms with van der Waals surface area (Å²) < 4.78 is 10.8. The van der Waals surface area contributed by atoms with Crippen LogP contribution in [0.25, 0.3) is 0 Å². The van der Waals surface area contributed by atoms with Crippen molar-refractivity contribution in [2.24, 2.45) is 0 Å². The molecule has 0 heterocycles. The van der Waals surface area contributed by atoms with E-state index in [4.69, 9.17) is 14.6 Å². The number of benzene rings is 2. The van der Waals surface area contributed by atoms with Crippen molar-refractivity contribution in [3.05, 3.63) is 59.7 Å². The van der Waals surface area contributed by atoms with Crippen molar-refractivity contribution in [3.8, 4) is 11.5 Å². The van der Waals surface area contributed by atoms with Crippen molar-refractivity contribution in [2.75, 3.05) is 20.3 Å². The molecule has 2 aromatic carbocycles. The number of carboxylic acid groups (broad SMARTS) is 1. The molecule has 2 rings (SSSR count). The summed E-state index contributed by atoms with van der Waals surface area (Å²) >= 11 is 0. The lowest BCUT2D eigenvalue weighted by Crippen LogP contribution is -2.31. The van der Waals surface area contributed by atoms with Crippen molar-refractivity contribution >= 4 is 11.9 Å². The quantitative estimate of drug-likeness (QED) is 0.691. The molecule has 0 radical (unpaired) electrons. The smallest absolute Gasteiger partial charge is 0.303 e. The molecule has 27 heavy (non-hydrogen) atoms. The first-order valence-corrected chi connectivity index (χ1v) is 8.91. The Labute approximate surface area is 159 Å². The summed E-state index contributed by atoms with van der Waals surface area (Å²) in [7, 11) is 1.53. The second-order valence-corrected chi connectivity index (χ2v) is 6.01. The van der Waals surface area contributed by atoms with Gasteiger partial charge in [0.25, 0.3) is 5.91 Å². The normalized spacial score (nSPS) is 10.3. The number of ether oxygens (including phenoxy) is 2. The van der Waals surface area contributed by atoms with Crippen molar-refractivity contribution in [1.82, 2.24) is 4.90 Å². The Hall–Kier alpha value is -3.02. The first kappa shape index (κ1) is 20.3. The first-order valence-electron chi connectivity index (χ1n) is 8.91. The van der Waals surface area contributed by atoms with E-state index in [9.17, 15) is 9.59 Å². The molecule has 0 spiro atoms. The van der Waals surface area contributed by atoms with Gasteiger partial charge in [-0.05, 0) is 37.1 Å². The number of hydrogen-bond acceptors (Lipinski definition) is 4. The molecule has 1 amide bonds. The van der Waals surface area contributed by atoms with E-state index in [0.717, 1.165) is 5.56 Å². The van der Waals surface area contributed by atoms with Gasteiger partial charge in [-0.1, -0.05) is 30.3 Å². The van der Waals surface area contributed by atoms with Crippen molar-refractivity contribution < 1.29 is 24.2 Å². The molecule has 0 aromatic heterocycles. The number of carbonyl (C=O) groups excluding carboxylic acids is 1. The van der Waals surface area contributed by atoms with E-state index in [0.29, 0.717) is 43.2 Å². The third kappa shape index (κ3) is 6.02. The van der Waals surface area contributed by atoms with Gasteiger partial charge < -0.3 is 19.5 Å². The molecule has 144 valence electrons. The highest BCUT2D eigenvalue weighted by molar-refractivity contribution is 5.95. The van der Waals surface area contributed by atoms with Gasteiger partial charge >= 0.3 is 5.97 Å². The average molecular weight is 371 g/mol. The summed E-state index contributed by atoms with van der Waals surface area (Å²) in [6.07, 6.45) is 0.410. The second kappa shape index (κ2) is 10.2. The number of aliphatic carboxylic acids is 1. The predicted octanol–water partition coefficient (Wildman–Crippen LogP) is 3.60. The summed E-state index contributed by atoms with van der Waals surface area (Å²) in [6, 6.07) is 14.7. The fourth-order valence-electron chi connectivity index (χ4n) is 2.74. The Kier molecular flexibility index (Phi) is 7.67. The molecule has 0 aliphatic heterocycles. The maximum absolute atomic E-state index is 13.0. The summed E-state index contributed by atoms with van der Waals surface area (Å²) in [4.78, 5) is 25.5. The van der Waals surface area contributed by atoms with Gasteiger partial charge in [0.2, 0.25) is 0 Å². The standard InChI is InChI=1S/C21H25NO5/c1-3-27-18-12-11-17(14-19(18)26-2)21(25)22(13-7-10-20(23)24)15-16-8-5-4-6-9-16/h4-6,8-9,11-12,14H,3,7,10,13,15H2,1-2H3,(H,23,24). The van der Waals surface area contributed by atoms with Crippen LogP contribution in [0.15, 0.2) is 48.5 Å². The topological polar surface area (TPSA) is 76.1 Å². The Morgan fingerprint density at radius 2 is 1.81 bits per heavy atom. The Balaban J connectivity index is 2.22. The highest BCUT2D eigenvalue weighted by Crippen LogP contribution is 2.28. The molecule has 6 nitrogen and oxygen atoms in total. The highest BCUT2D eigenvalue weighted by atomic mass is 16.5. The number of carboxylic acids is 1. The third-order valence-electron chi connectivity index (χ3n) is 4.03. The Bertz CT molecular complexity index is 760. The third-order valence-corrected chi connectivity index (χ3v) is 4.03. The van der Waals surface area contributed by atoms with Crippen LogP contribution in [-0.4, -0.2) is 42.1 Å². The number of amides is 1. The monoisotopic (exact) mass is 371 g/mol. The fraction of sp³-hybridized carbons (Fsp3) is 0.333. The minimum Gasteiger partial charge on any atom is -0.493 e. The average Bonchev–Trinajstić information content (AvgIpc) is 2.67. The SMILES string of the molecule is CCOc1ccc(C(=O)N(CCCC(=O)O)Cc2ccccc2)cc1OC. The van der Waals surface area contributed by atoms with Crippen LogP contribution >= 0.6 is 0 Å². The molecular formula is C21H25NO5. The van der Waals surface area contributed by atoms with Crippen molar-refractivity contribution in [2.45, 2.75) is 26.3 Å². The molecule has 0 aliphatic rings. The van der Waals surface area contributed by atoms with Gasteiger partial charge in [0.15, 0.2) is 11.5 Å². The predicted molar refractivity (Wildman–Crippen MR) is 102 cm³/mol. The van der Waals surface area contributed by atoms with E-state index in [1.807, 2.05) is 37.3 Å². The fourth-order valence-corrected chi connectivity index (χ4v) is 2.74. The van der Waals surface area contributed by atoms with Gasteiger partial charge in [0, 0.05) is 25.1 Å². The molecular weight excluding hydrogens is 346 g/mol. The molecule has 2 aromatic rings. The Morgan fingerprint density at radius 1 is 1.07 bits per heavy atom. The number of nitrogens with zero attached hydrogens (tertiary/aromatic N) is 1. The van der Waals surface area contributed by atoms with Gasteiger partial charge in [-0.25, -0.2) is 0 Å². The van der Waals surface area contributed by atoms with E-state index in [1.54, 1.807) is 23.1 Å². The van der Waals surface area contributed by atoms with E-state index in [1.165, 1.54) is 7.11 Å². The molecule has 0 unspecified atom stereocenters. The van der Waals surface area contributed by atoms with E-state index in [-0.39, 0.29) is 12.3 Å². The lowest BCUT2D eigenvalue weighted by Gasteiger charge is -2.23. The van der Waals surface area contributed by atoms with Crippen LogP contribution in [0.4, 0.5) is 0 Å². The van der Waals surface area contributed by atoms with Crippen LogP contribution in [-0.2, 0) is 11.3 Å². The maximum Gasteiger partial charge on any atom is 0.303 e. The molecule has 0 saturated carbocycles. The van der Waals surface area contributed by atoms with E-state index >= 15 is 0 Å². The summed E-state index contributed by atoms with van der Waals surface area (Å²) in [5.74, 6) is 0.0281. The lowest BCUT2D eigenvalue weighted by molar-refractivity contribution is -0.137. The van der Waals surface area contributed by atoms with Crippen LogP contribution in [0.1, 0.15) is 35.7 Å². The maximum atomic E-state index is 13.0. The largest absolute Gasteiger partial charge is 0.493 e. The molecule has 0 aliphatic carbocycles. The lowest BCUT2D eigenvalue weighted by atomic mass is 10.1. The molecule has 0 atom stereocenters. The second-order valence-electron chi connectivity index (χ2n) is 6.01. The van der Waals surface area contributed by atoms with Gasteiger partial charge in [-0.3, -0.25) is 9.59 Å². The number of rotatable bonds is 10. The number of carbonyl (C=O) groups is 2. The van der Waals surface area contributed by atoms with Gasteiger partial charge in [0.05, 0.1) is 13.7 Å². The van der Waals surface area contributed by atoms with Crippen LogP contribution in [0.3, 0.4) is 0 Å². The van der Waals surface area contributed by atoms with E-state index in [2.05, 4.69) is 0 Å². The summed E-state index contributed by atoms with van der Waals surface area (Å²) in [6.45, 7) is 3.14. The van der Waals surface area contributed by atoms with E-state index < -0.39 is 5.97 Å². The molecule has 0 bridgehead atoms. The molecule has 0 fully saturated rings. The zero-order valence-electron chi connectivity index (χ0n) is 15.7. The summed E-state index contributed by atoms with van der Waals surface area (Å²) in [5.41, 5.74) is 1.46. The molecule has 1 N–H and O–H groups in total. The van der Waals surface area contributed by atoms with Gasteiger partial charge in [-0.2, -0.15) is 0 Å². The number of hydrogen-bond donors (Lipinski definition) is 1. The molecule has 0 saturated heterocycles. The Morgan fingerprint density at radius 3 is 2.44 bits per heavy atom. The van der Waals surface area contributed by atoms with Crippen LogP contribution in [0, 0.1) is 0 Å². The van der Waals surface area contributed by atoms with Crippen molar-refractivity contribution in [1.29, 1.82) is 0 Å². The zero-order chi connectivity index (χ0) is 19.6. The minimum absolute atomic E-state index is 0.0190. The zero-order valence-corrected chi connectivity index (χ0v) is 15.7. The highest BCUT2D eigenvalue weighted by Gasteiger charge is 2.18. The first-order chi connectivity index (χ1) is 13.0. The van der Waals surface area contributed by atoms with Crippen LogP contribution < -0.4 is 9.47 Å². The number of methoxy groups -OCH3 is 1. The molecule has 6 heteroatoms. The van der Waals surface area contributed by atoms with Gasteiger partial charge in [0.1, 0.15) is 0 Å². The minimum atomic E-state index is -0.871. The van der Waals surface area contributed by atoms with Crippen LogP contribution in [0.2, 0.25) is 0 Å².